The number of nitrogens with zero attached hydrogens (tertiary/aromatic N) is 3. The summed E-state index contributed by atoms with van der Waals surface area (Å²) in [6, 6.07) is 15.9. The molecule has 0 radical (unpaired) electrons. The number of hydrogen-bond donors (Lipinski definition) is 2. The lowest BCUT2D eigenvalue weighted by molar-refractivity contribution is -0.145. The molecule has 5 aliphatic rings. The molecule has 4 aromatic rings. The number of rotatable bonds is 8. The minimum Gasteiger partial charge on any atom is -0.494 e. The molecule has 0 bridgehead atoms. The van der Waals surface area contributed by atoms with Gasteiger partial charge in [0.1, 0.15) is 30.3 Å². The standard InChI is InChI=1S/C40H41N3O6/c44-33-16-17-34(45)43(33)49-35(46)11-1-2-22-47-28-14-12-25(13-15-28)36-31-23-26-7-3-18-41-20-5-9-29(37(26)41)39(31)48-40-30-10-6-21-42-19-4-8-27(38(30)42)24-32(36)40/h12-17,23-24H,1-11,18-22H2,(H-,44,45)/p+1. The van der Waals surface area contributed by atoms with Crippen LogP contribution in [0.15, 0.2) is 48.5 Å². The summed E-state index contributed by atoms with van der Waals surface area (Å²) in [6.45, 7) is 4.99. The minimum atomic E-state index is -0.536. The van der Waals surface area contributed by atoms with Gasteiger partial charge in [0.15, 0.2) is 0 Å². The summed E-state index contributed by atoms with van der Waals surface area (Å²) in [7, 11) is 0. The summed E-state index contributed by atoms with van der Waals surface area (Å²) >= 11 is 0. The predicted octanol–water partition coefficient (Wildman–Crippen LogP) is 4.54. The fourth-order valence-corrected chi connectivity index (χ4v) is 8.75. The zero-order valence-electron chi connectivity index (χ0n) is 27.8. The molecule has 1 aromatic heterocycles. The molecular formula is C40H42N3O6+. The van der Waals surface area contributed by atoms with Crippen LogP contribution in [-0.2, 0) is 30.5 Å². The van der Waals surface area contributed by atoms with Gasteiger partial charge >= 0.3 is 5.97 Å². The van der Waals surface area contributed by atoms with E-state index in [9.17, 15) is 15.0 Å². The predicted molar refractivity (Wildman–Crippen MR) is 185 cm³/mol. The zero-order chi connectivity index (χ0) is 33.1. The Balaban J connectivity index is 1.02. The van der Waals surface area contributed by atoms with Gasteiger partial charge in [-0.05, 0) is 86.8 Å². The second-order valence-corrected chi connectivity index (χ2v) is 14.0. The van der Waals surface area contributed by atoms with Crippen LogP contribution >= 0.6 is 0 Å². The van der Waals surface area contributed by atoms with Gasteiger partial charge in [0.05, 0.1) is 12.2 Å². The van der Waals surface area contributed by atoms with E-state index >= 15 is 0 Å². The first-order valence-corrected chi connectivity index (χ1v) is 18.0. The maximum Gasteiger partial charge on any atom is 0.333 e. The average molecular weight is 661 g/mol. The zero-order valence-corrected chi connectivity index (χ0v) is 27.8. The molecule has 3 aromatic carbocycles. The number of unbranched alkanes of at least 4 members (excludes halogenated alkanes) is 1. The number of aryl methyl sites for hydroxylation is 2. The second-order valence-electron chi connectivity index (χ2n) is 14.0. The van der Waals surface area contributed by atoms with Gasteiger partial charge < -0.3 is 29.4 Å². The normalized spacial score (nSPS) is 17.0. The summed E-state index contributed by atoms with van der Waals surface area (Å²) in [4.78, 5) is 19.8. The van der Waals surface area contributed by atoms with Crippen LogP contribution in [0.2, 0.25) is 0 Å². The topological polar surface area (TPSA) is 96.4 Å². The summed E-state index contributed by atoms with van der Waals surface area (Å²) in [5.74, 6) is 1.73. The van der Waals surface area contributed by atoms with Crippen molar-refractivity contribution in [2.24, 2.45) is 0 Å². The molecular weight excluding hydrogens is 618 g/mol. The third-order valence-corrected chi connectivity index (χ3v) is 10.9. The molecule has 49 heavy (non-hydrogen) atoms. The molecule has 0 aliphatic carbocycles. The summed E-state index contributed by atoms with van der Waals surface area (Å²) in [5, 5.41) is 22.0. The van der Waals surface area contributed by atoms with Crippen molar-refractivity contribution in [3.8, 4) is 29.0 Å². The number of carbonyl (C=O) groups is 1. The van der Waals surface area contributed by atoms with Gasteiger partial charge in [-0.2, -0.15) is 0 Å². The Morgan fingerprint density at radius 1 is 0.816 bits per heavy atom. The van der Waals surface area contributed by atoms with Gasteiger partial charge in [-0.25, -0.2) is 9.37 Å². The van der Waals surface area contributed by atoms with Crippen molar-refractivity contribution in [3.63, 3.8) is 0 Å². The monoisotopic (exact) mass is 660 g/mol. The summed E-state index contributed by atoms with van der Waals surface area (Å²) in [5.41, 5.74) is 10.8. The molecule has 9 rings (SSSR count). The van der Waals surface area contributed by atoms with Gasteiger partial charge in [-0.15, -0.1) is 4.73 Å². The molecule has 0 amide bonds. The number of hydrogen-bond acceptors (Lipinski definition) is 7. The molecule has 0 atom stereocenters. The SMILES string of the molecule is O=C(CCCCOc1ccc(C2=c3cc4c5c(c3Oc3c2cc2c6c3CCCN6CCC2)CCC[N+]=5CCC4)cc1)On1c(O)ccc1O. The van der Waals surface area contributed by atoms with Gasteiger partial charge in [-0.3, -0.25) is 0 Å². The van der Waals surface area contributed by atoms with E-state index in [1.54, 1.807) is 0 Å². The number of aromatic nitrogens is 1. The number of benzene rings is 3. The third kappa shape index (κ3) is 5.21. The van der Waals surface area contributed by atoms with Crippen LogP contribution < -0.4 is 34.4 Å². The highest BCUT2D eigenvalue weighted by molar-refractivity contribution is 5.89. The van der Waals surface area contributed by atoms with Gasteiger partial charge in [0.2, 0.25) is 17.1 Å². The first kappa shape index (κ1) is 30.2. The third-order valence-electron chi connectivity index (χ3n) is 10.9. The van der Waals surface area contributed by atoms with Crippen LogP contribution in [-0.4, -0.2) is 53.7 Å². The molecule has 5 aliphatic heterocycles. The molecule has 9 heteroatoms. The number of fused-ring (bicyclic) bond motifs is 4. The van der Waals surface area contributed by atoms with Crippen LogP contribution in [0.5, 0.6) is 29.0 Å². The van der Waals surface area contributed by atoms with E-state index in [0.29, 0.717) is 24.2 Å². The highest BCUT2D eigenvalue weighted by atomic mass is 16.7. The van der Waals surface area contributed by atoms with Crippen LogP contribution in [0.4, 0.5) is 5.69 Å². The van der Waals surface area contributed by atoms with Crippen LogP contribution in [0.1, 0.15) is 78.3 Å². The van der Waals surface area contributed by atoms with E-state index in [4.69, 9.17) is 14.3 Å². The van der Waals surface area contributed by atoms with E-state index in [-0.39, 0.29) is 18.2 Å². The van der Waals surface area contributed by atoms with Crippen LogP contribution in [0, 0.1) is 0 Å². The average Bonchev–Trinajstić information content (AvgIpc) is 3.44. The van der Waals surface area contributed by atoms with Crippen molar-refractivity contribution in [1.29, 1.82) is 0 Å². The number of aromatic hydroxyl groups is 2. The van der Waals surface area contributed by atoms with Crippen molar-refractivity contribution in [2.75, 3.05) is 37.7 Å². The molecule has 2 N–H and O–H groups in total. The smallest absolute Gasteiger partial charge is 0.333 e. The lowest BCUT2D eigenvalue weighted by Gasteiger charge is -2.39. The number of carbonyl (C=O) groups excluding carboxylic acids is 1. The van der Waals surface area contributed by atoms with Crippen LogP contribution in [0.25, 0.3) is 5.57 Å². The van der Waals surface area contributed by atoms with Gasteiger partial charge in [-0.1, -0.05) is 12.1 Å². The first-order valence-electron chi connectivity index (χ1n) is 18.0. The highest BCUT2D eigenvalue weighted by Crippen LogP contribution is 2.48. The highest BCUT2D eigenvalue weighted by Gasteiger charge is 2.35. The maximum absolute atomic E-state index is 12.2. The molecule has 0 unspecified atom stereocenters. The Hall–Kier alpha value is -4.92. The second kappa shape index (κ2) is 12.2. The van der Waals surface area contributed by atoms with Crippen LogP contribution in [0.3, 0.4) is 0 Å². The van der Waals surface area contributed by atoms with E-state index in [1.807, 2.05) is 0 Å². The van der Waals surface area contributed by atoms with Gasteiger partial charge in [0.25, 0.3) is 0 Å². The first-order chi connectivity index (χ1) is 24.0. The molecule has 0 fully saturated rings. The summed E-state index contributed by atoms with van der Waals surface area (Å²) in [6.07, 6.45) is 10.4. The van der Waals surface area contributed by atoms with E-state index in [0.717, 1.165) is 82.0 Å². The Morgan fingerprint density at radius 3 is 2.37 bits per heavy atom. The molecule has 252 valence electrons. The molecule has 0 spiro atoms. The van der Waals surface area contributed by atoms with Crippen molar-refractivity contribution in [1.82, 2.24) is 9.31 Å². The Morgan fingerprint density at radius 2 is 1.55 bits per heavy atom. The minimum absolute atomic E-state index is 0.144. The quantitative estimate of drug-likeness (QED) is 0.187. The van der Waals surface area contributed by atoms with E-state index in [1.165, 1.54) is 80.2 Å². The van der Waals surface area contributed by atoms with Crippen molar-refractivity contribution in [2.45, 2.75) is 70.6 Å². The Kier molecular flexibility index (Phi) is 7.51. The van der Waals surface area contributed by atoms with Crippen molar-refractivity contribution < 1.29 is 29.3 Å². The fourth-order valence-electron chi connectivity index (χ4n) is 8.75. The Labute approximate surface area is 285 Å². The fraction of sp³-hybridized carbons (Fsp3) is 0.400. The lowest BCUT2D eigenvalue weighted by atomic mass is 9.82. The molecule has 0 saturated heterocycles. The molecule has 9 nitrogen and oxygen atoms in total. The molecule has 0 saturated carbocycles. The number of ether oxygens (including phenoxy) is 2. The maximum atomic E-state index is 12.2. The Bertz CT molecular complexity index is 2090. The van der Waals surface area contributed by atoms with Crippen molar-refractivity contribution in [3.05, 3.63) is 92.5 Å². The summed E-state index contributed by atoms with van der Waals surface area (Å²) < 4.78 is 16.6. The lowest BCUT2D eigenvalue weighted by Crippen LogP contribution is -2.45. The largest absolute Gasteiger partial charge is 0.494 e. The van der Waals surface area contributed by atoms with Gasteiger partial charge in [0, 0.05) is 77.7 Å². The van der Waals surface area contributed by atoms with Crippen molar-refractivity contribution >= 4 is 17.2 Å². The number of anilines is 1. The van der Waals surface area contributed by atoms with E-state index < -0.39 is 5.97 Å². The molecule has 6 heterocycles. The van der Waals surface area contributed by atoms with E-state index in [2.05, 4.69) is 45.9 Å².